The van der Waals surface area contributed by atoms with Gasteiger partial charge in [-0.25, -0.2) is 4.99 Å². The number of piperidine rings is 1. The summed E-state index contributed by atoms with van der Waals surface area (Å²) in [5, 5.41) is 21.5. The number of nitrogens with zero attached hydrogens (tertiary/aromatic N) is 2. The number of guanidine groups is 1. The van der Waals surface area contributed by atoms with Crippen LogP contribution in [0.25, 0.3) is 0 Å². The van der Waals surface area contributed by atoms with Gasteiger partial charge in [-0.15, -0.1) is 0 Å². The molecule has 1 saturated heterocycles. The van der Waals surface area contributed by atoms with Gasteiger partial charge in [0.2, 0.25) is 0 Å². The molecule has 0 saturated carbocycles. The molecule has 3 N–H and O–H groups in total. The van der Waals surface area contributed by atoms with Crippen molar-refractivity contribution in [3.8, 4) is 0 Å². The lowest BCUT2D eigenvalue weighted by molar-refractivity contribution is 0.0677. The van der Waals surface area contributed by atoms with Gasteiger partial charge in [-0.05, 0) is 80.6 Å². The Bertz CT molecular complexity index is 778. The number of hydrogen-bond donors (Lipinski definition) is 3. The summed E-state index contributed by atoms with van der Waals surface area (Å²) in [4.78, 5) is 7.20. The van der Waals surface area contributed by atoms with Gasteiger partial charge in [0.1, 0.15) is 5.60 Å². The SMILES string of the molecule is CCNC(=NCC(C)(O)c1ccsc1)NCC1CCN(Cc2ccc(C)cc2)CC1. The average Bonchev–Trinajstić information content (AvgIpc) is 3.29. The molecule has 0 amide bonds. The second-order valence-corrected chi connectivity index (χ2v) is 9.35. The van der Waals surface area contributed by atoms with Crippen LogP contribution in [0.4, 0.5) is 0 Å². The zero-order chi connectivity index (χ0) is 21.4. The van der Waals surface area contributed by atoms with Gasteiger partial charge >= 0.3 is 0 Å². The summed E-state index contributed by atoms with van der Waals surface area (Å²) in [5.74, 6) is 1.44. The molecular weight excluding hydrogens is 392 g/mol. The van der Waals surface area contributed by atoms with Crippen molar-refractivity contribution < 1.29 is 5.11 Å². The van der Waals surface area contributed by atoms with Crippen LogP contribution < -0.4 is 10.6 Å². The van der Waals surface area contributed by atoms with Gasteiger partial charge in [-0.1, -0.05) is 29.8 Å². The molecule has 1 fully saturated rings. The first kappa shape index (κ1) is 22.8. The highest BCUT2D eigenvalue weighted by Crippen LogP contribution is 2.23. The number of nitrogens with one attached hydrogen (secondary N) is 2. The highest BCUT2D eigenvalue weighted by molar-refractivity contribution is 7.08. The first-order chi connectivity index (χ1) is 14.5. The number of likely N-dealkylation sites (tertiary alicyclic amines) is 1. The van der Waals surface area contributed by atoms with Crippen molar-refractivity contribution in [2.24, 2.45) is 10.9 Å². The van der Waals surface area contributed by atoms with E-state index in [1.807, 2.05) is 23.8 Å². The summed E-state index contributed by atoms with van der Waals surface area (Å²) >= 11 is 1.60. The van der Waals surface area contributed by atoms with Gasteiger partial charge < -0.3 is 15.7 Å². The van der Waals surface area contributed by atoms with Crippen molar-refractivity contribution in [2.45, 2.75) is 45.8 Å². The predicted molar refractivity (Wildman–Crippen MR) is 127 cm³/mol. The van der Waals surface area contributed by atoms with Crippen LogP contribution in [0, 0.1) is 12.8 Å². The van der Waals surface area contributed by atoms with Crippen molar-refractivity contribution in [3.63, 3.8) is 0 Å². The number of benzene rings is 1. The van der Waals surface area contributed by atoms with Crippen LogP contribution in [-0.4, -0.2) is 48.7 Å². The van der Waals surface area contributed by atoms with Crippen molar-refractivity contribution in [2.75, 3.05) is 32.7 Å². The quantitative estimate of drug-likeness (QED) is 0.443. The molecule has 2 heterocycles. The van der Waals surface area contributed by atoms with E-state index in [0.29, 0.717) is 12.5 Å². The van der Waals surface area contributed by atoms with E-state index in [2.05, 4.69) is 58.6 Å². The molecule has 6 heteroatoms. The summed E-state index contributed by atoms with van der Waals surface area (Å²) in [7, 11) is 0. The van der Waals surface area contributed by atoms with Crippen molar-refractivity contribution in [3.05, 3.63) is 57.8 Å². The number of rotatable bonds is 8. The third kappa shape index (κ3) is 6.83. The molecule has 0 bridgehead atoms. The summed E-state index contributed by atoms with van der Waals surface area (Å²) in [6, 6.07) is 10.8. The Morgan fingerprint density at radius 1 is 1.20 bits per heavy atom. The number of hydrogen-bond acceptors (Lipinski definition) is 4. The van der Waals surface area contributed by atoms with Gasteiger partial charge in [-0.3, -0.25) is 4.90 Å². The highest BCUT2D eigenvalue weighted by atomic mass is 32.1. The Balaban J connectivity index is 1.44. The lowest BCUT2D eigenvalue weighted by atomic mass is 9.96. The summed E-state index contributed by atoms with van der Waals surface area (Å²) in [5.41, 5.74) is 2.70. The van der Waals surface area contributed by atoms with Crippen LogP contribution >= 0.6 is 11.3 Å². The molecule has 0 spiro atoms. The lowest BCUT2D eigenvalue weighted by Gasteiger charge is -2.32. The Hall–Kier alpha value is -1.89. The Morgan fingerprint density at radius 3 is 2.57 bits per heavy atom. The zero-order valence-electron chi connectivity index (χ0n) is 18.5. The van der Waals surface area contributed by atoms with Crippen LogP contribution in [0.2, 0.25) is 0 Å². The third-order valence-corrected chi connectivity index (χ3v) is 6.51. The van der Waals surface area contributed by atoms with Crippen LogP contribution in [0.5, 0.6) is 0 Å². The summed E-state index contributed by atoms with van der Waals surface area (Å²) < 4.78 is 0. The average molecular weight is 429 g/mol. The fraction of sp³-hybridized carbons (Fsp3) is 0.542. The van der Waals surface area contributed by atoms with Crippen molar-refractivity contribution >= 4 is 17.3 Å². The normalized spacial score (nSPS) is 18.2. The van der Waals surface area contributed by atoms with E-state index in [4.69, 9.17) is 0 Å². The van der Waals surface area contributed by atoms with Crippen LogP contribution in [0.3, 0.4) is 0 Å². The maximum atomic E-state index is 10.7. The van der Waals surface area contributed by atoms with Gasteiger partial charge in [-0.2, -0.15) is 11.3 Å². The van der Waals surface area contributed by atoms with Gasteiger partial charge in [0.05, 0.1) is 6.54 Å². The molecule has 1 atom stereocenters. The van der Waals surface area contributed by atoms with Gasteiger partial charge in [0.25, 0.3) is 0 Å². The number of aryl methyl sites for hydroxylation is 1. The zero-order valence-corrected chi connectivity index (χ0v) is 19.3. The van der Waals surface area contributed by atoms with E-state index in [1.54, 1.807) is 11.3 Å². The monoisotopic (exact) mass is 428 g/mol. The van der Waals surface area contributed by atoms with Gasteiger partial charge in [0, 0.05) is 19.6 Å². The van der Waals surface area contributed by atoms with Crippen molar-refractivity contribution in [1.82, 2.24) is 15.5 Å². The molecule has 0 aliphatic carbocycles. The first-order valence-electron chi connectivity index (χ1n) is 11.0. The number of aliphatic imine (C=N–C) groups is 1. The molecular formula is C24H36N4OS. The Labute approximate surface area is 185 Å². The minimum Gasteiger partial charge on any atom is -0.383 e. The molecule has 3 rings (SSSR count). The molecule has 1 aliphatic heterocycles. The molecule has 0 radical (unpaired) electrons. The maximum absolute atomic E-state index is 10.7. The molecule has 164 valence electrons. The van der Waals surface area contributed by atoms with E-state index in [-0.39, 0.29) is 0 Å². The minimum absolute atomic E-state index is 0.341. The Kier molecular flexibility index (Phi) is 8.31. The summed E-state index contributed by atoms with van der Waals surface area (Å²) in [6.45, 7) is 11.4. The van der Waals surface area contributed by atoms with E-state index in [1.165, 1.54) is 24.0 Å². The second-order valence-electron chi connectivity index (χ2n) is 8.57. The molecule has 30 heavy (non-hydrogen) atoms. The topological polar surface area (TPSA) is 59.9 Å². The van der Waals surface area contributed by atoms with Gasteiger partial charge in [0.15, 0.2) is 5.96 Å². The van der Waals surface area contributed by atoms with E-state index in [0.717, 1.165) is 44.2 Å². The second kappa shape index (κ2) is 10.9. The molecule has 1 aliphatic rings. The predicted octanol–water partition coefficient (Wildman–Crippen LogP) is 3.73. The van der Waals surface area contributed by atoms with Crippen LogP contribution in [-0.2, 0) is 12.1 Å². The maximum Gasteiger partial charge on any atom is 0.191 e. The molecule has 2 aromatic rings. The largest absolute Gasteiger partial charge is 0.383 e. The first-order valence-corrected chi connectivity index (χ1v) is 12.0. The highest BCUT2D eigenvalue weighted by Gasteiger charge is 2.24. The minimum atomic E-state index is -0.941. The fourth-order valence-electron chi connectivity index (χ4n) is 3.78. The molecule has 1 aromatic heterocycles. The summed E-state index contributed by atoms with van der Waals surface area (Å²) in [6.07, 6.45) is 2.40. The molecule has 5 nitrogen and oxygen atoms in total. The smallest absolute Gasteiger partial charge is 0.191 e. The van der Waals surface area contributed by atoms with Crippen LogP contribution in [0.1, 0.15) is 43.4 Å². The number of aliphatic hydroxyl groups is 1. The van der Waals surface area contributed by atoms with Crippen LogP contribution in [0.15, 0.2) is 46.1 Å². The fourth-order valence-corrected chi connectivity index (χ4v) is 4.56. The van der Waals surface area contributed by atoms with E-state index >= 15 is 0 Å². The van der Waals surface area contributed by atoms with E-state index in [9.17, 15) is 5.11 Å². The number of thiophene rings is 1. The van der Waals surface area contributed by atoms with E-state index < -0.39 is 5.60 Å². The molecule has 1 unspecified atom stereocenters. The molecule has 1 aromatic carbocycles. The van der Waals surface area contributed by atoms with Crippen molar-refractivity contribution in [1.29, 1.82) is 0 Å². The lowest BCUT2D eigenvalue weighted by Crippen LogP contribution is -2.43. The Morgan fingerprint density at radius 2 is 1.93 bits per heavy atom. The third-order valence-electron chi connectivity index (χ3n) is 5.82. The standard InChI is InChI=1S/C24H36N4OS/c1-4-25-23(27-18-24(3,29)22-11-14-30-17-22)26-15-20-9-12-28(13-10-20)16-21-7-5-19(2)6-8-21/h5-8,11,14,17,20,29H,4,9-10,12-13,15-16,18H2,1-3H3,(H2,25,26,27).